The summed E-state index contributed by atoms with van der Waals surface area (Å²) >= 11 is 0. The van der Waals surface area contributed by atoms with Gasteiger partial charge in [0.25, 0.3) is 0 Å². The molecule has 1 aliphatic rings. The van der Waals surface area contributed by atoms with E-state index in [1.807, 2.05) is 0 Å². The average molecular weight is 261 g/mol. The molecule has 0 heterocycles. The molecule has 1 saturated carbocycles. The van der Waals surface area contributed by atoms with Gasteiger partial charge in [-0.3, -0.25) is 0 Å². The zero-order valence-electron chi connectivity index (χ0n) is 12.7. The molecule has 0 radical (unpaired) electrons. The van der Waals surface area contributed by atoms with Crippen LogP contribution in [-0.4, -0.2) is 18.7 Å². The molecule has 1 aromatic rings. The first-order valence-electron chi connectivity index (χ1n) is 7.62. The first-order valence-corrected chi connectivity index (χ1v) is 7.62. The number of likely N-dealkylation sites (N-methyl/N-ethyl adjacent to an activating group) is 1. The van der Waals surface area contributed by atoms with E-state index in [1.165, 1.54) is 30.4 Å². The lowest BCUT2D eigenvalue weighted by Gasteiger charge is -2.23. The van der Waals surface area contributed by atoms with Crippen LogP contribution in [0, 0.1) is 6.92 Å². The van der Waals surface area contributed by atoms with Crippen molar-refractivity contribution >= 4 is 0 Å². The molecular weight excluding hydrogens is 234 g/mol. The molecular formula is C17H27NO. The summed E-state index contributed by atoms with van der Waals surface area (Å²) in [5.74, 6) is 1.62. The topological polar surface area (TPSA) is 21.3 Å². The molecule has 106 valence electrons. The fourth-order valence-electron chi connectivity index (χ4n) is 2.83. The quantitative estimate of drug-likeness (QED) is 0.864. The van der Waals surface area contributed by atoms with E-state index in [4.69, 9.17) is 4.74 Å². The van der Waals surface area contributed by atoms with Crippen LogP contribution in [0.3, 0.4) is 0 Å². The Bertz CT molecular complexity index is 414. The van der Waals surface area contributed by atoms with Crippen molar-refractivity contribution in [3.8, 4) is 5.75 Å². The molecule has 0 aromatic heterocycles. The molecule has 1 N–H and O–H groups in total. The predicted molar refractivity (Wildman–Crippen MR) is 81.0 cm³/mol. The lowest BCUT2D eigenvalue weighted by Crippen LogP contribution is -2.38. The average Bonchev–Trinajstić information content (AvgIpc) is 2.80. The van der Waals surface area contributed by atoms with E-state index in [0.29, 0.717) is 18.1 Å². The minimum atomic E-state index is 0.334. The summed E-state index contributed by atoms with van der Waals surface area (Å²) in [5, 5.41) is 3.55. The SMILES string of the molecule is CCNC1CCCC1Oc1cc(C(C)C)ccc1C. The van der Waals surface area contributed by atoms with E-state index >= 15 is 0 Å². The van der Waals surface area contributed by atoms with Crippen molar-refractivity contribution in [2.45, 2.75) is 65.0 Å². The molecule has 2 unspecified atom stereocenters. The third-order valence-electron chi connectivity index (χ3n) is 4.08. The number of ether oxygens (including phenoxy) is 1. The lowest BCUT2D eigenvalue weighted by atomic mass is 10.0. The first kappa shape index (κ1) is 14.4. The van der Waals surface area contributed by atoms with Gasteiger partial charge in [0.1, 0.15) is 11.9 Å². The van der Waals surface area contributed by atoms with Crippen molar-refractivity contribution in [3.63, 3.8) is 0 Å². The van der Waals surface area contributed by atoms with Crippen LogP contribution in [0.25, 0.3) is 0 Å². The van der Waals surface area contributed by atoms with Gasteiger partial charge in [-0.25, -0.2) is 0 Å². The summed E-state index contributed by atoms with van der Waals surface area (Å²) in [6.45, 7) is 9.78. The summed E-state index contributed by atoms with van der Waals surface area (Å²) < 4.78 is 6.30. The second-order valence-electron chi connectivity index (χ2n) is 5.93. The summed E-state index contributed by atoms with van der Waals surface area (Å²) in [6.07, 6.45) is 4.01. The Kier molecular flexibility index (Phi) is 4.87. The van der Waals surface area contributed by atoms with Gasteiger partial charge in [-0.1, -0.05) is 32.9 Å². The largest absolute Gasteiger partial charge is 0.489 e. The zero-order valence-corrected chi connectivity index (χ0v) is 12.7. The third kappa shape index (κ3) is 3.50. The molecule has 0 saturated heterocycles. The van der Waals surface area contributed by atoms with Gasteiger partial charge in [0.15, 0.2) is 0 Å². The number of nitrogens with one attached hydrogen (secondary N) is 1. The maximum Gasteiger partial charge on any atom is 0.122 e. The van der Waals surface area contributed by atoms with Gasteiger partial charge in [-0.15, -0.1) is 0 Å². The number of benzene rings is 1. The predicted octanol–water partition coefficient (Wildman–Crippen LogP) is 4.03. The van der Waals surface area contributed by atoms with E-state index in [2.05, 4.69) is 51.2 Å². The Morgan fingerprint density at radius 2 is 2.11 bits per heavy atom. The number of aryl methyl sites for hydroxylation is 1. The highest BCUT2D eigenvalue weighted by atomic mass is 16.5. The van der Waals surface area contributed by atoms with E-state index in [1.54, 1.807) is 0 Å². The highest BCUT2D eigenvalue weighted by Crippen LogP contribution is 2.29. The van der Waals surface area contributed by atoms with Crippen molar-refractivity contribution in [2.24, 2.45) is 0 Å². The molecule has 2 heteroatoms. The van der Waals surface area contributed by atoms with E-state index < -0.39 is 0 Å². The van der Waals surface area contributed by atoms with Crippen LogP contribution in [0.2, 0.25) is 0 Å². The maximum atomic E-state index is 6.30. The number of rotatable bonds is 5. The Balaban J connectivity index is 2.11. The molecule has 0 bridgehead atoms. The van der Waals surface area contributed by atoms with Gasteiger partial charge in [-0.05, 0) is 55.8 Å². The standard InChI is InChI=1S/C17H27NO/c1-5-18-15-7-6-8-16(15)19-17-11-14(12(2)3)10-9-13(17)4/h9-12,15-16,18H,5-8H2,1-4H3. The molecule has 0 amide bonds. The summed E-state index contributed by atoms with van der Waals surface area (Å²) in [5.41, 5.74) is 2.60. The van der Waals surface area contributed by atoms with Gasteiger partial charge in [0.05, 0.1) is 0 Å². The molecule has 2 rings (SSSR count). The monoisotopic (exact) mass is 261 g/mol. The molecule has 2 atom stereocenters. The smallest absolute Gasteiger partial charge is 0.122 e. The zero-order chi connectivity index (χ0) is 13.8. The summed E-state index contributed by atoms with van der Waals surface area (Å²) in [7, 11) is 0. The van der Waals surface area contributed by atoms with E-state index in [0.717, 1.165) is 12.3 Å². The second-order valence-corrected chi connectivity index (χ2v) is 5.93. The van der Waals surface area contributed by atoms with Crippen LogP contribution in [0.15, 0.2) is 18.2 Å². The second kappa shape index (κ2) is 6.42. The maximum absolute atomic E-state index is 6.30. The van der Waals surface area contributed by atoms with Crippen LogP contribution in [0.1, 0.15) is 57.1 Å². The van der Waals surface area contributed by atoms with Gasteiger partial charge in [0.2, 0.25) is 0 Å². The molecule has 1 fully saturated rings. The van der Waals surface area contributed by atoms with Gasteiger partial charge in [-0.2, -0.15) is 0 Å². The molecule has 2 nitrogen and oxygen atoms in total. The highest BCUT2D eigenvalue weighted by Gasteiger charge is 2.28. The fraction of sp³-hybridized carbons (Fsp3) is 0.647. The normalized spacial score (nSPS) is 23.0. The minimum Gasteiger partial charge on any atom is -0.489 e. The molecule has 0 spiro atoms. The number of hydrogen-bond donors (Lipinski definition) is 1. The third-order valence-corrected chi connectivity index (χ3v) is 4.08. The highest BCUT2D eigenvalue weighted by molar-refractivity contribution is 5.38. The molecule has 19 heavy (non-hydrogen) atoms. The van der Waals surface area contributed by atoms with Crippen LogP contribution >= 0.6 is 0 Å². The van der Waals surface area contributed by atoms with Crippen LogP contribution in [-0.2, 0) is 0 Å². The fourth-order valence-corrected chi connectivity index (χ4v) is 2.83. The van der Waals surface area contributed by atoms with Gasteiger partial charge in [0, 0.05) is 6.04 Å². The van der Waals surface area contributed by atoms with Crippen LogP contribution in [0.4, 0.5) is 0 Å². The minimum absolute atomic E-state index is 0.334. The summed E-state index contributed by atoms with van der Waals surface area (Å²) in [6, 6.07) is 7.14. The Morgan fingerprint density at radius 3 is 2.79 bits per heavy atom. The van der Waals surface area contributed by atoms with Gasteiger partial charge < -0.3 is 10.1 Å². The molecule has 1 aliphatic carbocycles. The van der Waals surface area contributed by atoms with E-state index in [9.17, 15) is 0 Å². The van der Waals surface area contributed by atoms with Crippen molar-refractivity contribution in [3.05, 3.63) is 29.3 Å². The lowest BCUT2D eigenvalue weighted by molar-refractivity contribution is 0.174. The molecule has 0 aliphatic heterocycles. The van der Waals surface area contributed by atoms with Crippen molar-refractivity contribution in [2.75, 3.05) is 6.54 Å². The Labute approximate surface area is 117 Å². The first-order chi connectivity index (χ1) is 9.11. The van der Waals surface area contributed by atoms with Gasteiger partial charge >= 0.3 is 0 Å². The van der Waals surface area contributed by atoms with Crippen molar-refractivity contribution in [1.82, 2.24) is 5.32 Å². The Morgan fingerprint density at radius 1 is 1.32 bits per heavy atom. The van der Waals surface area contributed by atoms with E-state index in [-0.39, 0.29) is 0 Å². The van der Waals surface area contributed by atoms with Crippen molar-refractivity contribution in [1.29, 1.82) is 0 Å². The molecule has 1 aromatic carbocycles. The number of hydrogen-bond acceptors (Lipinski definition) is 2. The van der Waals surface area contributed by atoms with Crippen molar-refractivity contribution < 1.29 is 4.74 Å². The summed E-state index contributed by atoms with van der Waals surface area (Å²) in [4.78, 5) is 0. The van der Waals surface area contributed by atoms with Crippen LogP contribution < -0.4 is 10.1 Å². The van der Waals surface area contributed by atoms with Crippen LogP contribution in [0.5, 0.6) is 5.75 Å². The Hall–Kier alpha value is -1.02.